The number of hydrogen-bond acceptors (Lipinski definition) is 5. The molecule has 2 rings (SSSR count). The van der Waals surface area contributed by atoms with E-state index in [0.717, 1.165) is 12.8 Å². The van der Waals surface area contributed by atoms with E-state index in [-0.39, 0.29) is 15.9 Å². The van der Waals surface area contributed by atoms with E-state index in [2.05, 4.69) is 10.3 Å². The summed E-state index contributed by atoms with van der Waals surface area (Å²) in [6, 6.07) is 8.04. The molecule has 1 aromatic rings. The minimum atomic E-state index is -3.64. The van der Waals surface area contributed by atoms with Crippen molar-refractivity contribution < 1.29 is 13.2 Å². The average Bonchev–Trinajstić information content (AvgIpc) is 2.46. The fraction of sp³-hybridized carbons (Fsp3) is 0.385. The second-order valence-electron chi connectivity index (χ2n) is 4.71. The first kappa shape index (κ1) is 16.4. The first-order chi connectivity index (χ1) is 9.97. The highest BCUT2D eigenvalue weighted by atomic mass is 32.2. The number of Topliss-reactive ketones (excluding diaryl/α,β-unsaturated/α-hetero) is 1. The molecule has 0 radical (unpaired) electrons. The molecule has 1 atom stereocenters. The van der Waals surface area contributed by atoms with Gasteiger partial charge in [0.25, 0.3) is 10.0 Å². The van der Waals surface area contributed by atoms with Crippen LogP contribution in [-0.2, 0) is 14.8 Å². The van der Waals surface area contributed by atoms with Gasteiger partial charge in [-0.05, 0) is 25.0 Å². The summed E-state index contributed by atoms with van der Waals surface area (Å²) >= 11 is 6.44. The third kappa shape index (κ3) is 5.06. The van der Waals surface area contributed by atoms with Gasteiger partial charge in [0.15, 0.2) is 0 Å². The molecule has 1 unspecified atom stereocenters. The topological polar surface area (TPSA) is 75.3 Å². The largest absolute Gasteiger partial charge is 0.300 e. The number of rotatable bonds is 4. The van der Waals surface area contributed by atoms with Crippen molar-refractivity contribution in [1.29, 1.82) is 0 Å². The van der Waals surface area contributed by atoms with Crippen LogP contribution in [0.15, 0.2) is 35.2 Å². The SMILES string of the molecule is O=C1CCCC(SC(=S)NNS(=O)(=O)c2ccccc2)C1. The maximum Gasteiger partial charge on any atom is 0.257 e. The summed E-state index contributed by atoms with van der Waals surface area (Å²) in [6.45, 7) is 0. The smallest absolute Gasteiger partial charge is 0.257 e. The first-order valence-corrected chi connectivity index (χ1v) is 9.30. The lowest BCUT2D eigenvalue weighted by atomic mass is 9.99. The lowest BCUT2D eigenvalue weighted by Gasteiger charge is -2.20. The van der Waals surface area contributed by atoms with Crippen LogP contribution in [0, 0.1) is 0 Å². The van der Waals surface area contributed by atoms with E-state index in [0.29, 0.717) is 17.2 Å². The van der Waals surface area contributed by atoms with Crippen LogP contribution < -0.4 is 10.3 Å². The van der Waals surface area contributed by atoms with Crippen molar-refractivity contribution in [3.63, 3.8) is 0 Å². The fourth-order valence-corrected chi connectivity index (χ4v) is 4.46. The Morgan fingerprint density at radius 2 is 2.00 bits per heavy atom. The fourth-order valence-electron chi connectivity index (χ4n) is 2.03. The van der Waals surface area contributed by atoms with Gasteiger partial charge in [-0.1, -0.05) is 42.2 Å². The van der Waals surface area contributed by atoms with Crippen LogP contribution in [0.25, 0.3) is 0 Å². The van der Waals surface area contributed by atoms with E-state index in [9.17, 15) is 13.2 Å². The van der Waals surface area contributed by atoms with Gasteiger partial charge in [0.05, 0.1) is 4.90 Å². The number of hydrazine groups is 1. The van der Waals surface area contributed by atoms with E-state index in [1.54, 1.807) is 18.2 Å². The number of sulfonamides is 1. The van der Waals surface area contributed by atoms with E-state index in [4.69, 9.17) is 12.2 Å². The summed E-state index contributed by atoms with van der Waals surface area (Å²) in [5.41, 5.74) is 2.53. The highest BCUT2D eigenvalue weighted by molar-refractivity contribution is 8.23. The van der Waals surface area contributed by atoms with E-state index >= 15 is 0 Å². The van der Waals surface area contributed by atoms with Crippen molar-refractivity contribution in [3.05, 3.63) is 30.3 Å². The summed E-state index contributed by atoms with van der Waals surface area (Å²) < 4.78 is 24.3. The highest BCUT2D eigenvalue weighted by Crippen LogP contribution is 2.26. The molecule has 1 saturated carbocycles. The number of ketones is 1. The van der Waals surface area contributed by atoms with Gasteiger partial charge in [-0.25, -0.2) is 8.42 Å². The van der Waals surface area contributed by atoms with Crippen molar-refractivity contribution in [3.8, 4) is 0 Å². The Morgan fingerprint density at radius 3 is 2.67 bits per heavy atom. The number of carbonyl (C=O) groups excluding carboxylic acids is 1. The molecule has 1 aromatic carbocycles. The Kier molecular flexibility index (Phi) is 5.74. The lowest BCUT2D eigenvalue weighted by molar-refractivity contribution is -0.120. The molecule has 21 heavy (non-hydrogen) atoms. The standard InChI is InChI=1S/C13H16N2O3S3/c16-10-5-4-6-11(9-10)20-13(19)14-15-21(17,18)12-7-2-1-3-8-12/h1-3,7-8,11,15H,4-6,9H2,(H,14,19). The zero-order valence-electron chi connectivity index (χ0n) is 11.2. The summed E-state index contributed by atoms with van der Waals surface area (Å²) in [4.78, 5) is 13.8. The molecule has 0 amide bonds. The number of thioether (sulfide) groups is 1. The van der Waals surface area contributed by atoms with Gasteiger partial charge in [0.1, 0.15) is 10.1 Å². The van der Waals surface area contributed by atoms with Gasteiger partial charge in [0.2, 0.25) is 0 Å². The zero-order valence-corrected chi connectivity index (χ0v) is 13.7. The summed E-state index contributed by atoms with van der Waals surface area (Å²) in [5.74, 6) is 0.242. The Hall–Kier alpha value is -0.960. The second-order valence-corrected chi connectivity index (χ2v) is 8.37. The quantitative estimate of drug-likeness (QED) is 0.643. The molecule has 0 heterocycles. The normalized spacial score (nSPS) is 19.2. The molecule has 0 saturated heterocycles. The summed E-state index contributed by atoms with van der Waals surface area (Å²) in [5, 5.41) is 0.132. The predicted molar refractivity (Wildman–Crippen MR) is 87.4 cm³/mol. The van der Waals surface area contributed by atoms with Crippen molar-refractivity contribution in [1.82, 2.24) is 10.3 Å². The number of hydrogen-bond donors (Lipinski definition) is 2. The molecule has 0 spiro atoms. The molecule has 0 aliphatic heterocycles. The first-order valence-electron chi connectivity index (χ1n) is 6.52. The van der Waals surface area contributed by atoms with Gasteiger partial charge < -0.3 is 0 Å². The molecule has 1 fully saturated rings. The number of benzene rings is 1. The Balaban J connectivity index is 1.85. The second kappa shape index (κ2) is 7.35. The van der Waals surface area contributed by atoms with Gasteiger partial charge in [-0.15, -0.1) is 4.83 Å². The van der Waals surface area contributed by atoms with Crippen LogP contribution in [0.2, 0.25) is 0 Å². The third-order valence-corrected chi connectivity index (χ3v) is 5.76. The molecular formula is C13H16N2O3S3. The van der Waals surface area contributed by atoms with E-state index in [1.165, 1.54) is 23.9 Å². The molecule has 0 bridgehead atoms. The van der Waals surface area contributed by atoms with Crippen LogP contribution in [0.3, 0.4) is 0 Å². The number of carbonyl (C=O) groups is 1. The Labute approximate surface area is 133 Å². The van der Waals surface area contributed by atoms with Crippen molar-refractivity contribution >= 4 is 44.1 Å². The van der Waals surface area contributed by atoms with Crippen LogP contribution in [0.5, 0.6) is 0 Å². The van der Waals surface area contributed by atoms with Crippen LogP contribution in [0.4, 0.5) is 0 Å². The van der Waals surface area contributed by atoms with E-state index in [1.807, 2.05) is 0 Å². The zero-order chi connectivity index (χ0) is 15.3. The van der Waals surface area contributed by atoms with Gasteiger partial charge in [0, 0.05) is 18.1 Å². The molecular weight excluding hydrogens is 328 g/mol. The monoisotopic (exact) mass is 344 g/mol. The number of thiocarbonyl (C=S) groups is 1. The lowest BCUT2D eigenvalue weighted by Crippen LogP contribution is -2.40. The molecule has 1 aliphatic carbocycles. The van der Waals surface area contributed by atoms with Crippen LogP contribution in [0.1, 0.15) is 25.7 Å². The number of nitrogens with one attached hydrogen (secondary N) is 2. The maximum atomic E-state index is 12.0. The molecule has 1 aliphatic rings. The maximum absolute atomic E-state index is 12.0. The Morgan fingerprint density at radius 1 is 1.29 bits per heavy atom. The third-order valence-electron chi connectivity index (χ3n) is 3.05. The minimum absolute atomic E-state index is 0.132. The molecule has 0 aromatic heterocycles. The summed E-state index contributed by atoms with van der Waals surface area (Å²) in [6.07, 6.45) is 2.92. The van der Waals surface area contributed by atoms with Gasteiger partial charge in [-0.3, -0.25) is 10.2 Å². The Bertz CT molecular complexity index is 617. The minimum Gasteiger partial charge on any atom is -0.300 e. The molecule has 114 valence electrons. The van der Waals surface area contributed by atoms with Crippen LogP contribution >= 0.6 is 24.0 Å². The van der Waals surface area contributed by atoms with E-state index < -0.39 is 10.0 Å². The van der Waals surface area contributed by atoms with Gasteiger partial charge in [-0.2, -0.15) is 0 Å². The van der Waals surface area contributed by atoms with Crippen molar-refractivity contribution in [2.24, 2.45) is 0 Å². The molecule has 2 N–H and O–H groups in total. The highest BCUT2D eigenvalue weighted by Gasteiger charge is 2.22. The van der Waals surface area contributed by atoms with Crippen LogP contribution in [-0.4, -0.2) is 23.8 Å². The van der Waals surface area contributed by atoms with Gasteiger partial charge >= 0.3 is 0 Å². The van der Waals surface area contributed by atoms with Crippen molar-refractivity contribution in [2.45, 2.75) is 35.8 Å². The molecule has 5 nitrogen and oxygen atoms in total. The summed E-state index contributed by atoms with van der Waals surface area (Å²) in [7, 11) is -3.64. The molecule has 8 heteroatoms. The average molecular weight is 344 g/mol. The predicted octanol–water partition coefficient (Wildman–Crippen LogP) is 2.00. The van der Waals surface area contributed by atoms with Crippen molar-refractivity contribution in [2.75, 3.05) is 0 Å².